The number of rotatable bonds is 9. The zero-order chi connectivity index (χ0) is 41.2. The molecule has 1 atom stereocenters. The number of thiocarbonyl (C=S) groups is 1. The van der Waals surface area contributed by atoms with Gasteiger partial charge in [-0.25, -0.2) is 0 Å². The van der Waals surface area contributed by atoms with E-state index in [-0.39, 0.29) is 36.5 Å². The van der Waals surface area contributed by atoms with E-state index < -0.39 is 6.04 Å². The summed E-state index contributed by atoms with van der Waals surface area (Å²) in [6, 6.07) is 21.8. The Morgan fingerprint density at radius 3 is 2.50 bits per heavy atom. The normalized spacial score (nSPS) is 13.1. The number of fused-ring (bicyclic) bond motifs is 5. The number of aldehydes is 1. The maximum atomic E-state index is 13.6. The van der Waals surface area contributed by atoms with Crippen molar-refractivity contribution >= 4 is 74.7 Å². The highest BCUT2D eigenvalue weighted by molar-refractivity contribution is 7.80. The highest BCUT2D eigenvalue weighted by atomic mass is 35.5. The number of aliphatic imine (C=N–C) groups is 1. The van der Waals surface area contributed by atoms with Gasteiger partial charge in [0.25, 0.3) is 0 Å². The number of anilines is 1. The Hall–Kier alpha value is -6.02. The van der Waals surface area contributed by atoms with Crippen molar-refractivity contribution in [3.63, 3.8) is 0 Å². The van der Waals surface area contributed by atoms with Gasteiger partial charge in [0.15, 0.2) is 11.3 Å². The van der Waals surface area contributed by atoms with Gasteiger partial charge in [-0.15, -0.1) is 21.5 Å². The lowest BCUT2D eigenvalue weighted by atomic mass is 9.89. The van der Waals surface area contributed by atoms with Gasteiger partial charge in [0.05, 0.1) is 23.7 Å². The monoisotopic (exact) mass is 830 g/mol. The number of aromatic hydroxyl groups is 1. The molecule has 0 saturated heterocycles. The predicted molar refractivity (Wildman–Crippen MR) is 234 cm³/mol. The third-order valence-corrected chi connectivity index (χ3v) is 11.5. The van der Waals surface area contributed by atoms with Gasteiger partial charge in [-0.2, -0.15) is 0 Å². The van der Waals surface area contributed by atoms with E-state index in [1.54, 1.807) is 29.5 Å². The predicted octanol–water partition coefficient (Wildman–Crippen LogP) is 9.10. The summed E-state index contributed by atoms with van der Waals surface area (Å²) in [6.45, 7) is 10.1. The Bertz CT molecular complexity index is 2790. The molecule has 58 heavy (non-hydrogen) atoms. The first kappa shape index (κ1) is 40.2. The van der Waals surface area contributed by atoms with Crippen LogP contribution in [-0.2, 0) is 16.0 Å². The van der Waals surface area contributed by atoms with Crippen molar-refractivity contribution in [3.8, 4) is 33.2 Å². The Morgan fingerprint density at radius 2 is 1.74 bits per heavy atom. The van der Waals surface area contributed by atoms with Crippen LogP contribution in [0.15, 0.2) is 93.1 Å². The molecule has 2 aromatic heterocycles. The molecule has 294 valence electrons. The fraction of sp³-hybridized carbons (Fsp3) is 0.205. The molecule has 1 unspecified atom stereocenters. The van der Waals surface area contributed by atoms with Crippen LogP contribution in [0.5, 0.6) is 5.75 Å². The number of amides is 1. The van der Waals surface area contributed by atoms with Crippen LogP contribution in [0.4, 0.5) is 5.69 Å². The van der Waals surface area contributed by atoms with Gasteiger partial charge in [-0.05, 0) is 86.0 Å². The lowest BCUT2D eigenvalue weighted by Gasteiger charge is -2.18. The SMILES string of the molecule is CC.Cc1sc2c(c1C)C(c1ccc(Cl)cc1)=NC(CC(=O)NCC(=S)Nc1ccc(-c3c4ccc(=O)cc-4oc4cc(O)ccc34)c(CC=O)c1)c1nnc(C)n1-2. The molecule has 5 aromatic rings. The van der Waals surface area contributed by atoms with E-state index in [0.717, 1.165) is 49.7 Å². The Kier molecular flexibility index (Phi) is 11.7. The lowest BCUT2D eigenvalue weighted by molar-refractivity contribution is -0.121. The minimum atomic E-state index is -0.636. The highest BCUT2D eigenvalue weighted by Crippen LogP contribution is 2.43. The van der Waals surface area contributed by atoms with E-state index in [1.165, 1.54) is 18.2 Å². The van der Waals surface area contributed by atoms with Gasteiger partial charge in [-0.1, -0.05) is 55.9 Å². The van der Waals surface area contributed by atoms with Crippen LogP contribution in [0.2, 0.25) is 5.02 Å². The smallest absolute Gasteiger partial charge is 0.222 e. The fourth-order valence-electron chi connectivity index (χ4n) is 7.09. The Labute approximate surface area is 348 Å². The third kappa shape index (κ3) is 7.80. The summed E-state index contributed by atoms with van der Waals surface area (Å²) in [5.74, 6) is 1.37. The molecule has 0 spiro atoms. The van der Waals surface area contributed by atoms with Crippen LogP contribution in [0.3, 0.4) is 0 Å². The van der Waals surface area contributed by atoms with Gasteiger partial charge in [0.1, 0.15) is 40.2 Å². The van der Waals surface area contributed by atoms with E-state index in [4.69, 9.17) is 33.2 Å². The van der Waals surface area contributed by atoms with Gasteiger partial charge in [-0.3, -0.25) is 19.1 Å². The summed E-state index contributed by atoms with van der Waals surface area (Å²) in [6.07, 6.45) is 0.912. The molecule has 3 N–H and O–H groups in total. The van der Waals surface area contributed by atoms with Gasteiger partial charge in [0.2, 0.25) is 5.91 Å². The summed E-state index contributed by atoms with van der Waals surface area (Å²) in [5.41, 5.74) is 7.40. The first-order chi connectivity index (χ1) is 28.0. The highest BCUT2D eigenvalue weighted by Gasteiger charge is 2.32. The lowest BCUT2D eigenvalue weighted by Crippen LogP contribution is -2.32. The number of carbonyl (C=O) groups is 2. The molecule has 0 radical (unpaired) electrons. The first-order valence-electron chi connectivity index (χ1n) is 18.7. The van der Waals surface area contributed by atoms with Crippen molar-refractivity contribution in [2.24, 2.45) is 4.99 Å². The second-order valence-corrected chi connectivity index (χ2v) is 15.6. The Balaban J connectivity index is 0.00000252. The topological polar surface area (TPSA) is 152 Å². The number of nitrogens with zero attached hydrogens (tertiary/aromatic N) is 4. The van der Waals surface area contributed by atoms with E-state index in [9.17, 15) is 19.5 Å². The number of phenols is 1. The van der Waals surface area contributed by atoms with E-state index in [0.29, 0.717) is 55.2 Å². The van der Waals surface area contributed by atoms with Crippen molar-refractivity contribution in [3.05, 3.63) is 133 Å². The molecule has 1 amide bonds. The van der Waals surface area contributed by atoms with Crippen molar-refractivity contribution in [1.82, 2.24) is 20.1 Å². The second-order valence-electron chi connectivity index (χ2n) is 13.5. The van der Waals surface area contributed by atoms with Crippen LogP contribution in [0.25, 0.3) is 38.4 Å². The average molecular weight is 831 g/mol. The maximum absolute atomic E-state index is 13.6. The molecular formula is C44H39ClN6O5S2. The maximum Gasteiger partial charge on any atom is 0.222 e. The summed E-state index contributed by atoms with van der Waals surface area (Å²) in [5, 5.41) is 27.4. The second kappa shape index (κ2) is 16.8. The van der Waals surface area contributed by atoms with Gasteiger partial charge >= 0.3 is 0 Å². The summed E-state index contributed by atoms with van der Waals surface area (Å²) >= 11 is 13.5. The molecule has 11 nitrogen and oxygen atoms in total. The summed E-state index contributed by atoms with van der Waals surface area (Å²) in [4.78, 5) is 44.4. The minimum absolute atomic E-state index is 0.000126. The average Bonchev–Trinajstić information content (AvgIpc) is 3.69. The largest absolute Gasteiger partial charge is 0.508 e. The fourth-order valence-corrected chi connectivity index (χ4v) is 8.62. The summed E-state index contributed by atoms with van der Waals surface area (Å²) < 4.78 is 8.00. The van der Waals surface area contributed by atoms with E-state index in [1.807, 2.05) is 67.8 Å². The standard InChI is InChI=1S/C42H33ClN6O5S2.C2H6/c1-21-22(2)56-42-38(21)40(24-4-6-26(43)7-5-24)46-33(41-48-47-23(3)49(41)42)19-36(53)44-20-37(55)45-27-8-11-30(25(16-27)14-15-50)39-31-12-9-28(51)17-34(31)54-35-18-29(52)10-13-32(35)39;1-2/h4-13,15-18,33,51H,14,19-20H2,1-3H3,(H,44,53)(H,45,55);1-2H3. The molecule has 4 heterocycles. The number of aromatic nitrogens is 3. The number of nitrogens with one attached hydrogen (secondary N) is 2. The summed E-state index contributed by atoms with van der Waals surface area (Å²) in [7, 11) is 0. The van der Waals surface area contributed by atoms with Crippen molar-refractivity contribution in [1.29, 1.82) is 0 Å². The van der Waals surface area contributed by atoms with Crippen molar-refractivity contribution < 1.29 is 19.1 Å². The van der Waals surface area contributed by atoms with Crippen LogP contribution >= 0.6 is 35.2 Å². The number of aryl methyl sites for hydroxylation is 2. The van der Waals surface area contributed by atoms with Gasteiger partial charge in [0, 0.05) is 61.8 Å². The molecule has 14 heteroatoms. The molecule has 0 saturated carbocycles. The number of hydrogen-bond donors (Lipinski definition) is 3. The third-order valence-electron chi connectivity index (χ3n) is 9.82. The zero-order valence-electron chi connectivity index (χ0n) is 32.3. The molecule has 2 aliphatic heterocycles. The molecular weight excluding hydrogens is 792 g/mol. The minimum Gasteiger partial charge on any atom is -0.508 e. The van der Waals surface area contributed by atoms with Crippen LogP contribution in [0.1, 0.15) is 65.1 Å². The number of hydrogen-bond acceptors (Lipinski definition) is 10. The Morgan fingerprint density at radius 1 is 0.983 bits per heavy atom. The molecule has 1 aliphatic carbocycles. The first-order valence-corrected chi connectivity index (χ1v) is 20.3. The number of thiophene rings is 1. The number of phenolic OH excluding ortho intramolecular Hbond substituents is 1. The molecule has 3 aliphatic rings. The molecule has 0 fully saturated rings. The van der Waals surface area contributed by atoms with Gasteiger partial charge < -0.3 is 25.0 Å². The van der Waals surface area contributed by atoms with E-state index >= 15 is 0 Å². The van der Waals surface area contributed by atoms with E-state index in [2.05, 4.69) is 34.7 Å². The quantitative estimate of drug-likeness (QED) is 0.0735. The molecule has 8 rings (SSSR count). The molecule has 3 aromatic carbocycles. The van der Waals surface area contributed by atoms with Crippen LogP contribution < -0.4 is 16.1 Å². The zero-order valence-corrected chi connectivity index (χ0v) is 34.7. The van der Waals surface area contributed by atoms with Crippen molar-refractivity contribution in [2.75, 3.05) is 11.9 Å². The number of benzene rings is 4. The van der Waals surface area contributed by atoms with Crippen molar-refractivity contribution in [2.45, 2.75) is 53.5 Å². The van der Waals surface area contributed by atoms with Crippen LogP contribution in [-0.4, -0.2) is 49.3 Å². The molecule has 0 bridgehead atoms. The van der Waals surface area contributed by atoms with Crippen LogP contribution in [0, 0.1) is 20.8 Å². The number of carbonyl (C=O) groups excluding carboxylic acids is 2. The number of halogens is 1.